The third-order valence-corrected chi connectivity index (χ3v) is 5.86. The summed E-state index contributed by atoms with van der Waals surface area (Å²) in [7, 11) is -2.63. The highest BCUT2D eigenvalue weighted by molar-refractivity contribution is 7.89. The molecule has 3 N–H and O–H groups in total. The topological polar surface area (TPSA) is 105 Å². The standard InChI is InChI=1S/C18H18F2N2O5S/c1-27-17-5-3-13(28(25,26)22-11-7-12(23)8-11)9-14(17)18(24)21-16-4-2-10(19)6-15(16)20/h2-6,9,11-12,22-23H,7-8H2,1H3,(H,21,24)/t11-,12+. The highest BCUT2D eigenvalue weighted by Gasteiger charge is 2.31. The molecular formula is C18H18F2N2O5S. The molecule has 0 atom stereocenters. The van der Waals surface area contributed by atoms with E-state index in [4.69, 9.17) is 4.74 Å². The van der Waals surface area contributed by atoms with E-state index in [1.165, 1.54) is 19.2 Å². The fourth-order valence-corrected chi connectivity index (χ4v) is 4.07. The third-order valence-electron chi connectivity index (χ3n) is 4.34. The van der Waals surface area contributed by atoms with Crippen LogP contribution in [0.5, 0.6) is 5.75 Å². The van der Waals surface area contributed by atoms with E-state index in [0.717, 1.165) is 18.2 Å². The molecule has 1 aliphatic rings. The molecule has 2 aromatic rings. The second-order valence-corrected chi connectivity index (χ2v) is 8.10. The number of aliphatic hydroxyl groups is 1. The monoisotopic (exact) mass is 412 g/mol. The van der Waals surface area contributed by atoms with Gasteiger partial charge in [-0.15, -0.1) is 0 Å². The first kappa shape index (κ1) is 20.2. The quantitative estimate of drug-likeness (QED) is 0.674. The number of benzene rings is 2. The van der Waals surface area contributed by atoms with Crippen LogP contribution in [0.15, 0.2) is 41.3 Å². The van der Waals surface area contributed by atoms with Crippen LogP contribution >= 0.6 is 0 Å². The molecule has 0 spiro atoms. The predicted octanol–water partition coefficient (Wildman–Crippen LogP) is 2.03. The van der Waals surface area contributed by atoms with Crippen LogP contribution in [0.1, 0.15) is 23.2 Å². The van der Waals surface area contributed by atoms with E-state index in [1.807, 2.05) is 0 Å². The molecule has 2 aromatic carbocycles. The summed E-state index contributed by atoms with van der Waals surface area (Å²) in [5, 5.41) is 11.6. The van der Waals surface area contributed by atoms with E-state index < -0.39 is 33.7 Å². The van der Waals surface area contributed by atoms with Crippen LogP contribution in [0.4, 0.5) is 14.5 Å². The number of hydrogen-bond acceptors (Lipinski definition) is 5. The van der Waals surface area contributed by atoms with E-state index in [9.17, 15) is 27.1 Å². The highest BCUT2D eigenvalue weighted by atomic mass is 32.2. The van der Waals surface area contributed by atoms with E-state index in [1.54, 1.807) is 0 Å². The fraction of sp³-hybridized carbons (Fsp3) is 0.278. The Balaban J connectivity index is 1.87. The van der Waals surface area contributed by atoms with Crippen molar-refractivity contribution in [2.45, 2.75) is 29.9 Å². The summed E-state index contributed by atoms with van der Waals surface area (Å²) in [5.74, 6) is -2.51. The maximum Gasteiger partial charge on any atom is 0.259 e. The zero-order valence-electron chi connectivity index (χ0n) is 14.8. The van der Waals surface area contributed by atoms with Crippen molar-refractivity contribution in [2.75, 3.05) is 12.4 Å². The van der Waals surface area contributed by atoms with E-state index in [-0.39, 0.29) is 27.9 Å². The molecule has 0 saturated heterocycles. The summed E-state index contributed by atoms with van der Waals surface area (Å²) >= 11 is 0. The van der Waals surface area contributed by atoms with Gasteiger partial charge in [-0.25, -0.2) is 21.9 Å². The van der Waals surface area contributed by atoms with Crippen molar-refractivity contribution in [1.29, 1.82) is 0 Å². The van der Waals surface area contributed by atoms with Gasteiger partial charge in [-0.2, -0.15) is 0 Å². The summed E-state index contributed by atoms with van der Waals surface area (Å²) < 4.78 is 59.3. The lowest BCUT2D eigenvalue weighted by Crippen LogP contribution is -2.46. The van der Waals surface area contributed by atoms with Crippen molar-refractivity contribution in [3.63, 3.8) is 0 Å². The summed E-state index contributed by atoms with van der Waals surface area (Å²) in [5.41, 5.74) is -0.397. The third kappa shape index (κ3) is 4.29. The molecule has 1 aliphatic carbocycles. The molecule has 0 radical (unpaired) electrons. The largest absolute Gasteiger partial charge is 0.496 e. The number of carbonyl (C=O) groups is 1. The SMILES string of the molecule is COc1ccc(S(=O)(=O)N[C@H]2C[C@@H](O)C2)cc1C(=O)Nc1ccc(F)cc1F. The zero-order chi connectivity index (χ0) is 20.5. The number of hydrogen-bond donors (Lipinski definition) is 3. The van der Waals surface area contributed by atoms with Gasteiger partial charge in [-0.3, -0.25) is 4.79 Å². The number of methoxy groups -OCH3 is 1. The van der Waals surface area contributed by atoms with Crippen LogP contribution in [0.2, 0.25) is 0 Å². The van der Waals surface area contributed by atoms with Gasteiger partial charge in [0, 0.05) is 12.1 Å². The predicted molar refractivity (Wildman–Crippen MR) is 96.7 cm³/mol. The molecule has 0 aromatic heterocycles. The maximum atomic E-state index is 13.8. The molecule has 1 amide bonds. The van der Waals surface area contributed by atoms with Crippen molar-refractivity contribution in [3.8, 4) is 5.75 Å². The lowest BCUT2D eigenvalue weighted by atomic mass is 9.91. The Morgan fingerprint density at radius 3 is 2.50 bits per heavy atom. The molecule has 7 nitrogen and oxygen atoms in total. The van der Waals surface area contributed by atoms with Gasteiger partial charge >= 0.3 is 0 Å². The minimum atomic E-state index is -3.93. The average molecular weight is 412 g/mol. The lowest BCUT2D eigenvalue weighted by molar-refractivity contribution is 0.0712. The number of rotatable bonds is 6. The first-order valence-electron chi connectivity index (χ1n) is 8.34. The van der Waals surface area contributed by atoms with Gasteiger partial charge < -0.3 is 15.2 Å². The number of sulfonamides is 1. The number of carbonyl (C=O) groups excluding carboxylic acids is 1. The van der Waals surface area contributed by atoms with Crippen molar-refractivity contribution < 1.29 is 31.8 Å². The average Bonchev–Trinajstić information content (AvgIpc) is 2.62. The Kier molecular flexibility index (Phi) is 5.64. The summed E-state index contributed by atoms with van der Waals surface area (Å²) in [6.07, 6.45) is 0.0922. The Morgan fingerprint density at radius 2 is 1.89 bits per heavy atom. The number of aliphatic hydroxyl groups excluding tert-OH is 1. The molecule has 10 heteroatoms. The van der Waals surface area contributed by atoms with Gasteiger partial charge in [0.25, 0.3) is 5.91 Å². The van der Waals surface area contributed by atoms with Crippen LogP contribution in [-0.4, -0.2) is 38.7 Å². The molecule has 0 unspecified atom stereocenters. The molecule has 3 rings (SSSR count). The van der Waals surface area contributed by atoms with Crippen molar-refractivity contribution in [3.05, 3.63) is 53.6 Å². The van der Waals surface area contributed by atoms with E-state index in [0.29, 0.717) is 18.9 Å². The van der Waals surface area contributed by atoms with Gasteiger partial charge in [-0.1, -0.05) is 0 Å². The molecular weight excluding hydrogens is 394 g/mol. The van der Waals surface area contributed by atoms with Crippen molar-refractivity contribution >= 4 is 21.6 Å². The zero-order valence-corrected chi connectivity index (χ0v) is 15.6. The second-order valence-electron chi connectivity index (χ2n) is 6.38. The minimum absolute atomic E-state index is 0.0815. The van der Waals surface area contributed by atoms with Crippen molar-refractivity contribution in [1.82, 2.24) is 4.72 Å². The van der Waals surface area contributed by atoms with Gasteiger partial charge in [0.2, 0.25) is 10.0 Å². The fourth-order valence-electron chi connectivity index (χ4n) is 2.78. The van der Waals surface area contributed by atoms with Crippen LogP contribution in [0.25, 0.3) is 0 Å². The number of halogens is 2. The molecule has 0 bridgehead atoms. The number of anilines is 1. The first-order chi connectivity index (χ1) is 13.2. The Labute approximate surface area is 160 Å². The molecule has 1 saturated carbocycles. The minimum Gasteiger partial charge on any atom is -0.496 e. The van der Waals surface area contributed by atoms with Gasteiger partial charge in [0.15, 0.2) is 0 Å². The second kappa shape index (κ2) is 7.82. The van der Waals surface area contributed by atoms with Gasteiger partial charge in [0.1, 0.15) is 17.4 Å². The van der Waals surface area contributed by atoms with Gasteiger partial charge in [-0.05, 0) is 43.2 Å². The molecule has 1 fully saturated rings. The number of amides is 1. The van der Waals surface area contributed by atoms with Gasteiger partial charge in [0.05, 0.1) is 29.4 Å². The summed E-state index contributed by atoms with van der Waals surface area (Å²) in [4.78, 5) is 12.4. The Hall–Kier alpha value is -2.56. The van der Waals surface area contributed by atoms with Crippen molar-refractivity contribution in [2.24, 2.45) is 0 Å². The molecule has 0 heterocycles. The first-order valence-corrected chi connectivity index (χ1v) is 9.83. The normalized spacial score (nSPS) is 19.0. The summed E-state index contributed by atoms with van der Waals surface area (Å²) in [6.45, 7) is 0. The highest BCUT2D eigenvalue weighted by Crippen LogP contribution is 2.26. The van der Waals surface area contributed by atoms with Crippen LogP contribution < -0.4 is 14.8 Å². The molecule has 0 aliphatic heterocycles. The van der Waals surface area contributed by atoms with Crippen LogP contribution in [0, 0.1) is 11.6 Å². The number of nitrogens with one attached hydrogen (secondary N) is 2. The molecule has 150 valence electrons. The molecule has 28 heavy (non-hydrogen) atoms. The smallest absolute Gasteiger partial charge is 0.259 e. The Morgan fingerprint density at radius 1 is 1.18 bits per heavy atom. The van der Waals surface area contributed by atoms with Crippen LogP contribution in [-0.2, 0) is 10.0 Å². The maximum absolute atomic E-state index is 13.8. The van der Waals surface area contributed by atoms with Crippen LogP contribution in [0.3, 0.4) is 0 Å². The lowest BCUT2D eigenvalue weighted by Gasteiger charge is -2.31. The Bertz CT molecular complexity index is 1010. The number of ether oxygens (including phenoxy) is 1. The summed E-state index contributed by atoms with van der Waals surface area (Å²) in [6, 6.07) is 5.95. The van der Waals surface area contributed by atoms with E-state index in [2.05, 4.69) is 10.0 Å². The van der Waals surface area contributed by atoms with E-state index >= 15 is 0 Å².